The predicted octanol–water partition coefficient (Wildman–Crippen LogP) is 3.49. The van der Waals surface area contributed by atoms with Crippen LogP contribution in [0.5, 0.6) is 0 Å². The van der Waals surface area contributed by atoms with Crippen LogP contribution in [0.25, 0.3) is 0 Å². The molecule has 1 aliphatic rings. The zero-order valence-electron chi connectivity index (χ0n) is 14.7. The number of rotatable bonds is 5. The van der Waals surface area contributed by atoms with E-state index in [1.807, 2.05) is 18.2 Å². The lowest BCUT2D eigenvalue weighted by Gasteiger charge is -2.27. The van der Waals surface area contributed by atoms with Crippen molar-refractivity contribution in [2.24, 2.45) is 0 Å². The van der Waals surface area contributed by atoms with Crippen LogP contribution in [0.2, 0.25) is 0 Å². The Bertz CT molecular complexity index is 788. The molecule has 0 saturated heterocycles. The zero-order chi connectivity index (χ0) is 18.5. The van der Waals surface area contributed by atoms with Crippen molar-refractivity contribution in [3.63, 3.8) is 0 Å². The van der Waals surface area contributed by atoms with Gasteiger partial charge in [0.25, 0.3) is 5.91 Å². The highest BCUT2D eigenvalue weighted by atomic mass is 19.1. The van der Waals surface area contributed by atoms with Gasteiger partial charge in [-0.15, -0.1) is 0 Å². The summed E-state index contributed by atoms with van der Waals surface area (Å²) in [5.74, 6) is -1.18. The van der Waals surface area contributed by atoms with Crippen molar-refractivity contribution in [3.8, 4) is 0 Å². The first-order chi connectivity index (χ1) is 12.5. The van der Waals surface area contributed by atoms with Crippen molar-refractivity contribution in [1.82, 2.24) is 5.32 Å². The smallest absolute Gasteiger partial charge is 0.311 e. The number of carbonyl (C=O) groups excluding carboxylic acids is 2. The molecular formula is C21H22FNO3. The molecule has 0 heterocycles. The first-order valence-electron chi connectivity index (χ1n) is 8.85. The lowest BCUT2D eigenvalue weighted by atomic mass is 9.87. The van der Waals surface area contributed by atoms with Crippen LogP contribution >= 0.6 is 0 Å². The molecule has 1 aliphatic carbocycles. The summed E-state index contributed by atoms with van der Waals surface area (Å²) >= 11 is 0. The summed E-state index contributed by atoms with van der Waals surface area (Å²) in [6.07, 6.45) is 2.03. The number of halogens is 1. The highest BCUT2D eigenvalue weighted by molar-refractivity contribution is 5.84. The standard InChI is InChI=1S/C21H22FNO3/c1-14(26-20(24)13-15-9-11-17(22)12-10-15)21(25)23-19-8-4-6-16-5-2-3-7-18(16)19/h2-3,5,7,9-12,14,19H,4,6,8,13H2,1H3,(H,23,25)/t14-,19-/m0/s1. The Balaban J connectivity index is 1.55. The predicted molar refractivity (Wildman–Crippen MR) is 95.9 cm³/mol. The number of hydrogen-bond donors (Lipinski definition) is 1. The van der Waals surface area contributed by atoms with Gasteiger partial charge in [-0.3, -0.25) is 9.59 Å². The Morgan fingerprint density at radius 3 is 2.69 bits per heavy atom. The van der Waals surface area contributed by atoms with E-state index in [4.69, 9.17) is 4.74 Å². The van der Waals surface area contributed by atoms with Crippen LogP contribution < -0.4 is 5.32 Å². The van der Waals surface area contributed by atoms with Crippen LogP contribution in [0, 0.1) is 5.82 Å². The topological polar surface area (TPSA) is 55.4 Å². The van der Waals surface area contributed by atoms with Crippen molar-refractivity contribution in [1.29, 1.82) is 0 Å². The molecule has 0 bridgehead atoms. The number of carbonyl (C=O) groups is 2. The van der Waals surface area contributed by atoms with Gasteiger partial charge in [0.05, 0.1) is 12.5 Å². The number of aryl methyl sites for hydroxylation is 1. The van der Waals surface area contributed by atoms with E-state index in [1.165, 1.54) is 29.8 Å². The molecule has 26 heavy (non-hydrogen) atoms. The van der Waals surface area contributed by atoms with Gasteiger partial charge in [-0.1, -0.05) is 36.4 Å². The molecule has 0 radical (unpaired) electrons. The Hall–Kier alpha value is -2.69. The molecule has 1 amide bonds. The molecule has 136 valence electrons. The first kappa shape index (κ1) is 18.1. The van der Waals surface area contributed by atoms with Gasteiger partial charge >= 0.3 is 5.97 Å². The van der Waals surface area contributed by atoms with E-state index in [1.54, 1.807) is 6.92 Å². The summed E-state index contributed by atoms with van der Waals surface area (Å²) in [6.45, 7) is 1.56. The molecule has 4 nitrogen and oxygen atoms in total. The van der Waals surface area contributed by atoms with Gasteiger partial charge in [-0.25, -0.2) is 4.39 Å². The molecule has 0 saturated carbocycles. The van der Waals surface area contributed by atoms with Gasteiger partial charge in [0, 0.05) is 0 Å². The number of amides is 1. The van der Waals surface area contributed by atoms with Crippen molar-refractivity contribution in [2.45, 2.75) is 44.8 Å². The minimum absolute atomic E-state index is 0.00413. The highest BCUT2D eigenvalue weighted by Gasteiger charge is 2.25. The maximum absolute atomic E-state index is 12.9. The molecular weight excluding hydrogens is 333 g/mol. The molecule has 0 aliphatic heterocycles. The lowest BCUT2D eigenvalue weighted by molar-refractivity contribution is -0.154. The lowest BCUT2D eigenvalue weighted by Crippen LogP contribution is -2.39. The molecule has 2 aromatic rings. The SMILES string of the molecule is C[C@H](OC(=O)Cc1ccc(F)cc1)C(=O)N[C@H]1CCCc2ccccc21. The van der Waals surface area contributed by atoms with E-state index in [0.717, 1.165) is 24.8 Å². The molecule has 0 aromatic heterocycles. The Kier molecular flexibility index (Phi) is 5.66. The van der Waals surface area contributed by atoms with E-state index in [2.05, 4.69) is 11.4 Å². The normalized spacial score (nSPS) is 17.1. The Morgan fingerprint density at radius 1 is 1.19 bits per heavy atom. The fraction of sp³-hybridized carbons (Fsp3) is 0.333. The largest absolute Gasteiger partial charge is 0.452 e. The average molecular weight is 355 g/mol. The van der Waals surface area contributed by atoms with E-state index < -0.39 is 12.1 Å². The van der Waals surface area contributed by atoms with Gasteiger partial charge in [-0.05, 0) is 55.0 Å². The molecule has 0 spiro atoms. The zero-order valence-corrected chi connectivity index (χ0v) is 14.7. The molecule has 1 N–H and O–H groups in total. The summed E-state index contributed by atoms with van der Waals surface area (Å²) in [6, 6.07) is 13.7. The number of ether oxygens (including phenoxy) is 1. The van der Waals surface area contributed by atoms with Crippen LogP contribution in [0.1, 0.15) is 42.5 Å². The molecule has 2 aromatic carbocycles. The minimum Gasteiger partial charge on any atom is -0.452 e. The quantitative estimate of drug-likeness (QED) is 0.836. The number of fused-ring (bicyclic) bond motifs is 1. The highest BCUT2D eigenvalue weighted by Crippen LogP contribution is 2.29. The third-order valence-corrected chi connectivity index (χ3v) is 4.63. The van der Waals surface area contributed by atoms with Crippen LogP contribution in [0.15, 0.2) is 48.5 Å². The van der Waals surface area contributed by atoms with E-state index >= 15 is 0 Å². The van der Waals surface area contributed by atoms with Crippen LogP contribution in [-0.4, -0.2) is 18.0 Å². The van der Waals surface area contributed by atoms with E-state index in [-0.39, 0.29) is 24.2 Å². The van der Waals surface area contributed by atoms with Crippen LogP contribution in [0.3, 0.4) is 0 Å². The molecule has 3 rings (SSSR count). The number of hydrogen-bond acceptors (Lipinski definition) is 3. The van der Waals surface area contributed by atoms with Crippen LogP contribution in [-0.2, 0) is 27.2 Å². The van der Waals surface area contributed by atoms with Crippen molar-refractivity contribution < 1.29 is 18.7 Å². The molecule has 0 fully saturated rings. The Morgan fingerprint density at radius 2 is 1.92 bits per heavy atom. The summed E-state index contributed by atoms with van der Waals surface area (Å²) in [5, 5.41) is 2.99. The van der Waals surface area contributed by atoms with Crippen LogP contribution in [0.4, 0.5) is 4.39 Å². The minimum atomic E-state index is -0.878. The van der Waals surface area contributed by atoms with Gasteiger partial charge in [0.1, 0.15) is 5.82 Å². The second-order valence-electron chi connectivity index (χ2n) is 6.59. The van der Waals surface area contributed by atoms with E-state index in [9.17, 15) is 14.0 Å². The van der Waals surface area contributed by atoms with Crippen molar-refractivity contribution >= 4 is 11.9 Å². The third-order valence-electron chi connectivity index (χ3n) is 4.63. The molecule has 5 heteroatoms. The third kappa shape index (κ3) is 4.48. The monoisotopic (exact) mass is 355 g/mol. The fourth-order valence-corrected chi connectivity index (χ4v) is 3.25. The molecule has 0 unspecified atom stereocenters. The first-order valence-corrected chi connectivity index (χ1v) is 8.85. The maximum Gasteiger partial charge on any atom is 0.311 e. The summed E-state index contributed by atoms with van der Waals surface area (Å²) in [7, 11) is 0. The van der Waals surface area contributed by atoms with Gasteiger partial charge < -0.3 is 10.1 Å². The van der Waals surface area contributed by atoms with Gasteiger partial charge in [0.2, 0.25) is 0 Å². The maximum atomic E-state index is 12.9. The van der Waals surface area contributed by atoms with Crippen molar-refractivity contribution in [3.05, 3.63) is 71.0 Å². The second kappa shape index (κ2) is 8.13. The second-order valence-corrected chi connectivity index (χ2v) is 6.59. The fourth-order valence-electron chi connectivity index (χ4n) is 3.25. The van der Waals surface area contributed by atoms with E-state index in [0.29, 0.717) is 5.56 Å². The summed E-state index contributed by atoms with van der Waals surface area (Å²) < 4.78 is 18.1. The number of nitrogens with one attached hydrogen (secondary N) is 1. The summed E-state index contributed by atoms with van der Waals surface area (Å²) in [5.41, 5.74) is 3.03. The van der Waals surface area contributed by atoms with Gasteiger partial charge in [0.15, 0.2) is 6.10 Å². The van der Waals surface area contributed by atoms with Crippen molar-refractivity contribution in [2.75, 3.05) is 0 Å². The Labute approximate surface area is 152 Å². The average Bonchev–Trinajstić information content (AvgIpc) is 2.64. The number of esters is 1. The number of benzene rings is 2. The summed E-state index contributed by atoms with van der Waals surface area (Å²) in [4.78, 5) is 24.4. The van der Waals surface area contributed by atoms with Gasteiger partial charge in [-0.2, -0.15) is 0 Å². The molecule has 2 atom stereocenters.